The minimum atomic E-state index is -0.179. The average molecular weight is 185 g/mol. The predicted octanol–water partition coefficient (Wildman–Crippen LogP) is 3.60. The zero-order valence-electron chi connectivity index (χ0n) is 7.92. The van der Waals surface area contributed by atoms with Gasteiger partial charge in [0.05, 0.1) is 0 Å². The number of hydrogen-bond donors (Lipinski definition) is 0. The molecular formula is C13H10F. The Morgan fingerprint density at radius 3 is 2.50 bits per heavy atom. The summed E-state index contributed by atoms with van der Waals surface area (Å²) in [6.07, 6.45) is 0. The summed E-state index contributed by atoms with van der Waals surface area (Å²) in [5.41, 5.74) is 2.61. The van der Waals surface area contributed by atoms with Gasteiger partial charge in [-0.1, -0.05) is 35.9 Å². The molecule has 2 aromatic carbocycles. The van der Waals surface area contributed by atoms with Crippen LogP contribution in [0.3, 0.4) is 0 Å². The highest BCUT2D eigenvalue weighted by Gasteiger charge is 2.03. The van der Waals surface area contributed by atoms with Gasteiger partial charge in [0.1, 0.15) is 5.82 Å². The van der Waals surface area contributed by atoms with E-state index in [0.717, 1.165) is 11.1 Å². The molecule has 2 aromatic rings. The molecule has 0 spiro atoms. The van der Waals surface area contributed by atoms with E-state index in [1.807, 2.05) is 25.1 Å². The molecule has 1 radical (unpaired) electrons. The van der Waals surface area contributed by atoms with E-state index >= 15 is 0 Å². The van der Waals surface area contributed by atoms with Gasteiger partial charge in [-0.3, -0.25) is 0 Å². The SMILES string of the molecule is Cc1ccc(F)c(-c2cc[c]cc2)c1. The first-order valence-electron chi connectivity index (χ1n) is 4.50. The van der Waals surface area contributed by atoms with Crippen molar-refractivity contribution in [3.63, 3.8) is 0 Å². The summed E-state index contributed by atoms with van der Waals surface area (Å²) in [4.78, 5) is 0. The molecule has 0 aliphatic rings. The molecular weight excluding hydrogens is 175 g/mol. The molecule has 0 fully saturated rings. The highest BCUT2D eigenvalue weighted by atomic mass is 19.1. The van der Waals surface area contributed by atoms with Crippen molar-refractivity contribution in [1.82, 2.24) is 0 Å². The van der Waals surface area contributed by atoms with Crippen LogP contribution in [-0.2, 0) is 0 Å². The molecule has 0 nitrogen and oxygen atoms in total. The van der Waals surface area contributed by atoms with Gasteiger partial charge in [0.25, 0.3) is 0 Å². The van der Waals surface area contributed by atoms with Crippen LogP contribution in [0.2, 0.25) is 0 Å². The standard InChI is InChI=1S/C13H10F/c1-10-7-8-13(14)12(9-10)11-5-3-2-4-6-11/h3-9H,1H3. The summed E-state index contributed by atoms with van der Waals surface area (Å²) in [7, 11) is 0. The molecule has 0 saturated carbocycles. The second-order valence-corrected chi connectivity index (χ2v) is 3.27. The Morgan fingerprint density at radius 1 is 1.07 bits per heavy atom. The Bertz CT molecular complexity index is 432. The van der Waals surface area contributed by atoms with Crippen molar-refractivity contribution >= 4 is 0 Å². The van der Waals surface area contributed by atoms with Crippen molar-refractivity contribution in [3.8, 4) is 11.1 Å². The maximum absolute atomic E-state index is 13.4. The van der Waals surface area contributed by atoms with E-state index in [9.17, 15) is 4.39 Å². The zero-order valence-corrected chi connectivity index (χ0v) is 7.92. The lowest BCUT2D eigenvalue weighted by Gasteiger charge is -2.03. The summed E-state index contributed by atoms with van der Waals surface area (Å²) in [6.45, 7) is 1.96. The van der Waals surface area contributed by atoms with Gasteiger partial charge in [0.2, 0.25) is 0 Å². The van der Waals surface area contributed by atoms with Crippen LogP contribution in [-0.4, -0.2) is 0 Å². The molecule has 0 N–H and O–H groups in total. The summed E-state index contributed by atoms with van der Waals surface area (Å²) in [5.74, 6) is -0.179. The second kappa shape index (κ2) is 3.62. The molecule has 0 saturated heterocycles. The average Bonchev–Trinajstić information content (AvgIpc) is 2.23. The third-order valence-corrected chi connectivity index (χ3v) is 2.15. The van der Waals surface area contributed by atoms with Crippen molar-refractivity contribution in [2.24, 2.45) is 0 Å². The van der Waals surface area contributed by atoms with Crippen molar-refractivity contribution < 1.29 is 4.39 Å². The lowest BCUT2D eigenvalue weighted by Crippen LogP contribution is -1.84. The molecule has 1 heteroatoms. The van der Waals surface area contributed by atoms with E-state index in [2.05, 4.69) is 6.07 Å². The Labute approximate surface area is 83.0 Å². The summed E-state index contributed by atoms with van der Waals surface area (Å²) in [5, 5.41) is 0. The molecule has 0 aromatic heterocycles. The second-order valence-electron chi connectivity index (χ2n) is 3.27. The fraction of sp³-hybridized carbons (Fsp3) is 0.0769. The zero-order chi connectivity index (χ0) is 9.97. The van der Waals surface area contributed by atoms with Crippen molar-refractivity contribution in [2.75, 3.05) is 0 Å². The Morgan fingerprint density at radius 2 is 1.79 bits per heavy atom. The van der Waals surface area contributed by atoms with Gasteiger partial charge in [-0.05, 0) is 30.7 Å². The first-order chi connectivity index (χ1) is 6.77. The molecule has 0 atom stereocenters. The largest absolute Gasteiger partial charge is 0.206 e. The molecule has 0 aliphatic heterocycles. The van der Waals surface area contributed by atoms with Crippen LogP contribution in [0, 0.1) is 18.8 Å². The molecule has 14 heavy (non-hydrogen) atoms. The Hall–Kier alpha value is -1.63. The van der Waals surface area contributed by atoms with E-state index in [4.69, 9.17) is 0 Å². The highest BCUT2D eigenvalue weighted by molar-refractivity contribution is 5.64. The summed E-state index contributed by atoms with van der Waals surface area (Å²) < 4.78 is 13.4. The minimum absolute atomic E-state index is 0.179. The first-order valence-corrected chi connectivity index (χ1v) is 4.50. The Kier molecular flexibility index (Phi) is 2.32. The van der Waals surface area contributed by atoms with Crippen molar-refractivity contribution in [2.45, 2.75) is 6.92 Å². The number of halogens is 1. The molecule has 0 unspecified atom stereocenters. The predicted molar refractivity (Wildman–Crippen MR) is 55.4 cm³/mol. The van der Waals surface area contributed by atoms with Crippen LogP contribution >= 0.6 is 0 Å². The van der Waals surface area contributed by atoms with E-state index in [1.54, 1.807) is 18.2 Å². The number of hydrogen-bond acceptors (Lipinski definition) is 0. The molecule has 2 rings (SSSR count). The van der Waals surface area contributed by atoms with Gasteiger partial charge in [-0.2, -0.15) is 0 Å². The van der Waals surface area contributed by atoms with Crippen LogP contribution in [0.4, 0.5) is 4.39 Å². The fourth-order valence-corrected chi connectivity index (χ4v) is 1.43. The van der Waals surface area contributed by atoms with Crippen LogP contribution in [0.5, 0.6) is 0 Å². The maximum Gasteiger partial charge on any atom is 0.131 e. The monoisotopic (exact) mass is 185 g/mol. The van der Waals surface area contributed by atoms with Gasteiger partial charge in [0.15, 0.2) is 0 Å². The van der Waals surface area contributed by atoms with Gasteiger partial charge in [-0.25, -0.2) is 4.39 Å². The van der Waals surface area contributed by atoms with E-state index < -0.39 is 0 Å². The van der Waals surface area contributed by atoms with Crippen LogP contribution in [0.1, 0.15) is 5.56 Å². The summed E-state index contributed by atoms with van der Waals surface area (Å²) in [6, 6.07) is 15.3. The van der Waals surface area contributed by atoms with Gasteiger partial charge >= 0.3 is 0 Å². The first kappa shape index (κ1) is 8.95. The van der Waals surface area contributed by atoms with E-state index in [1.165, 1.54) is 6.07 Å². The molecule has 0 heterocycles. The van der Waals surface area contributed by atoms with Gasteiger partial charge in [0, 0.05) is 5.56 Å². The molecule has 69 valence electrons. The van der Waals surface area contributed by atoms with Crippen molar-refractivity contribution in [1.29, 1.82) is 0 Å². The lowest BCUT2D eigenvalue weighted by molar-refractivity contribution is 0.631. The lowest BCUT2D eigenvalue weighted by atomic mass is 10.0. The molecule has 0 bridgehead atoms. The topological polar surface area (TPSA) is 0 Å². The number of rotatable bonds is 1. The molecule has 0 aliphatic carbocycles. The van der Waals surface area contributed by atoms with E-state index in [0.29, 0.717) is 5.56 Å². The number of aryl methyl sites for hydroxylation is 1. The number of benzene rings is 2. The van der Waals surface area contributed by atoms with Crippen LogP contribution in [0.25, 0.3) is 11.1 Å². The Balaban J connectivity index is 2.57. The highest BCUT2D eigenvalue weighted by Crippen LogP contribution is 2.23. The van der Waals surface area contributed by atoms with E-state index in [-0.39, 0.29) is 5.82 Å². The maximum atomic E-state index is 13.4. The summed E-state index contributed by atoms with van der Waals surface area (Å²) >= 11 is 0. The third-order valence-electron chi connectivity index (χ3n) is 2.15. The van der Waals surface area contributed by atoms with Gasteiger partial charge < -0.3 is 0 Å². The molecule has 0 amide bonds. The van der Waals surface area contributed by atoms with Crippen molar-refractivity contribution in [3.05, 3.63) is 59.9 Å². The minimum Gasteiger partial charge on any atom is -0.206 e. The van der Waals surface area contributed by atoms with Crippen LogP contribution in [0.15, 0.2) is 42.5 Å². The fourth-order valence-electron chi connectivity index (χ4n) is 1.43. The smallest absolute Gasteiger partial charge is 0.131 e. The normalized spacial score (nSPS) is 10.1. The van der Waals surface area contributed by atoms with Gasteiger partial charge in [-0.15, -0.1) is 0 Å². The quantitative estimate of drug-likeness (QED) is 0.636. The van der Waals surface area contributed by atoms with Crippen LogP contribution < -0.4 is 0 Å². The third kappa shape index (κ3) is 1.67.